The molecule has 1 saturated heterocycles. The van der Waals surface area contributed by atoms with Crippen LogP contribution in [0.1, 0.15) is 43.0 Å². The van der Waals surface area contributed by atoms with Gasteiger partial charge in [-0.15, -0.1) is 0 Å². The van der Waals surface area contributed by atoms with Crippen molar-refractivity contribution in [1.82, 2.24) is 4.90 Å². The lowest BCUT2D eigenvalue weighted by atomic mass is 9.99. The van der Waals surface area contributed by atoms with Crippen LogP contribution in [0.15, 0.2) is 18.2 Å². The van der Waals surface area contributed by atoms with Crippen LogP contribution in [0.5, 0.6) is 0 Å². The highest BCUT2D eigenvalue weighted by molar-refractivity contribution is 6.43. The fourth-order valence-electron chi connectivity index (χ4n) is 2.52. The Morgan fingerprint density at radius 3 is 2.89 bits per heavy atom. The first kappa shape index (κ1) is 13.7. The maximum absolute atomic E-state index is 12.5. The van der Waals surface area contributed by atoms with E-state index in [-0.39, 0.29) is 5.91 Å². The molecule has 18 heavy (non-hydrogen) atoms. The minimum Gasteiger partial charge on any atom is -0.336 e. The predicted octanol–water partition coefficient (Wildman–Crippen LogP) is 4.40. The zero-order valence-electron chi connectivity index (χ0n) is 10.5. The van der Waals surface area contributed by atoms with E-state index < -0.39 is 0 Å². The summed E-state index contributed by atoms with van der Waals surface area (Å²) < 4.78 is 0. The molecule has 1 atom stereocenters. The molecule has 0 unspecified atom stereocenters. The number of rotatable bonds is 2. The van der Waals surface area contributed by atoms with E-state index in [9.17, 15) is 4.79 Å². The van der Waals surface area contributed by atoms with Gasteiger partial charge in [0.2, 0.25) is 0 Å². The summed E-state index contributed by atoms with van der Waals surface area (Å²) >= 11 is 12.1. The predicted molar refractivity (Wildman–Crippen MR) is 75.4 cm³/mol. The number of carbonyl (C=O) groups excluding carboxylic acids is 1. The van der Waals surface area contributed by atoms with Gasteiger partial charge >= 0.3 is 0 Å². The van der Waals surface area contributed by atoms with E-state index in [1.807, 2.05) is 4.90 Å². The van der Waals surface area contributed by atoms with E-state index in [4.69, 9.17) is 23.2 Å². The first-order chi connectivity index (χ1) is 8.65. The van der Waals surface area contributed by atoms with Gasteiger partial charge in [0.25, 0.3) is 5.91 Å². The van der Waals surface area contributed by atoms with Crippen LogP contribution in [0.3, 0.4) is 0 Å². The van der Waals surface area contributed by atoms with Gasteiger partial charge in [0.05, 0.1) is 15.6 Å². The lowest BCUT2D eigenvalue weighted by Crippen LogP contribution is -2.43. The Bertz CT molecular complexity index is 447. The summed E-state index contributed by atoms with van der Waals surface area (Å²) in [7, 11) is 0. The van der Waals surface area contributed by atoms with Crippen molar-refractivity contribution in [1.29, 1.82) is 0 Å². The average Bonchev–Trinajstić information content (AvgIpc) is 2.41. The molecule has 1 aromatic carbocycles. The smallest absolute Gasteiger partial charge is 0.255 e. The van der Waals surface area contributed by atoms with Crippen molar-refractivity contribution in [3.8, 4) is 0 Å². The number of halogens is 2. The molecule has 98 valence electrons. The zero-order valence-corrected chi connectivity index (χ0v) is 12.0. The summed E-state index contributed by atoms with van der Waals surface area (Å²) in [6.45, 7) is 2.94. The Morgan fingerprint density at radius 2 is 2.17 bits per heavy atom. The quantitative estimate of drug-likeness (QED) is 0.789. The zero-order chi connectivity index (χ0) is 13.1. The van der Waals surface area contributed by atoms with Gasteiger partial charge in [-0.25, -0.2) is 0 Å². The van der Waals surface area contributed by atoms with Gasteiger partial charge in [-0.2, -0.15) is 0 Å². The first-order valence-corrected chi connectivity index (χ1v) is 7.15. The monoisotopic (exact) mass is 285 g/mol. The Morgan fingerprint density at radius 1 is 1.39 bits per heavy atom. The third kappa shape index (κ3) is 2.65. The number of hydrogen-bond acceptors (Lipinski definition) is 1. The standard InChI is InChI=1S/C14H17Cl2NO/c1-2-10-6-3-4-9-17(10)14(18)11-7-5-8-12(15)13(11)16/h5,7-8,10H,2-4,6,9H2,1H3/t10-/m1/s1. The molecule has 0 N–H and O–H groups in total. The molecule has 1 fully saturated rings. The second-order valence-electron chi connectivity index (χ2n) is 4.66. The number of amides is 1. The molecule has 1 aliphatic rings. The van der Waals surface area contributed by atoms with Gasteiger partial charge < -0.3 is 4.90 Å². The van der Waals surface area contributed by atoms with Gasteiger partial charge in [0.1, 0.15) is 0 Å². The molecule has 2 rings (SSSR count). The minimum absolute atomic E-state index is 0.00838. The highest BCUT2D eigenvalue weighted by atomic mass is 35.5. The van der Waals surface area contributed by atoms with Crippen molar-refractivity contribution in [3.63, 3.8) is 0 Å². The molecule has 0 radical (unpaired) electrons. The summed E-state index contributed by atoms with van der Waals surface area (Å²) in [5.74, 6) is 0.00838. The number of benzene rings is 1. The van der Waals surface area contributed by atoms with E-state index in [1.165, 1.54) is 6.42 Å². The van der Waals surface area contributed by atoms with E-state index in [1.54, 1.807) is 18.2 Å². The summed E-state index contributed by atoms with van der Waals surface area (Å²) in [5, 5.41) is 0.803. The van der Waals surface area contributed by atoms with Crippen molar-refractivity contribution in [3.05, 3.63) is 33.8 Å². The normalized spacial score (nSPS) is 19.9. The third-order valence-corrected chi connectivity index (χ3v) is 4.36. The Labute approximate surface area is 118 Å². The molecular weight excluding hydrogens is 269 g/mol. The number of hydrogen-bond donors (Lipinski definition) is 0. The number of carbonyl (C=O) groups is 1. The van der Waals surface area contributed by atoms with Gasteiger partial charge in [-0.05, 0) is 37.8 Å². The van der Waals surface area contributed by atoms with Crippen LogP contribution in [0.2, 0.25) is 10.0 Å². The number of piperidine rings is 1. The van der Waals surface area contributed by atoms with Crippen molar-refractivity contribution in [2.24, 2.45) is 0 Å². The molecule has 2 nitrogen and oxygen atoms in total. The Hall–Kier alpha value is -0.730. The summed E-state index contributed by atoms with van der Waals surface area (Å²) in [6, 6.07) is 5.56. The van der Waals surface area contributed by atoms with Crippen LogP contribution in [0.4, 0.5) is 0 Å². The van der Waals surface area contributed by atoms with Crippen LogP contribution in [-0.2, 0) is 0 Å². The molecule has 1 heterocycles. The molecule has 1 aromatic rings. The lowest BCUT2D eigenvalue weighted by Gasteiger charge is -2.35. The molecule has 4 heteroatoms. The molecular formula is C14H17Cl2NO. The largest absolute Gasteiger partial charge is 0.336 e. The minimum atomic E-state index is 0.00838. The highest BCUT2D eigenvalue weighted by Gasteiger charge is 2.27. The van der Waals surface area contributed by atoms with Crippen LogP contribution in [0, 0.1) is 0 Å². The van der Waals surface area contributed by atoms with Crippen LogP contribution >= 0.6 is 23.2 Å². The van der Waals surface area contributed by atoms with Crippen LogP contribution in [0.25, 0.3) is 0 Å². The number of nitrogens with zero attached hydrogens (tertiary/aromatic N) is 1. The van der Waals surface area contributed by atoms with Gasteiger partial charge in [-0.1, -0.05) is 36.2 Å². The Balaban J connectivity index is 2.27. The fraction of sp³-hybridized carbons (Fsp3) is 0.500. The van der Waals surface area contributed by atoms with E-state index in [0.29, 0.717) is 21.7 Å². The summed E-state index contributed by atoms with van der Waals surface area (Å²) in [6.07, 6.45) is 4.34. The first-order valence-electron chi connectivity index (χ1n) is 6.40. The van der Waals surface area contributed by atoms with Crippen LogP contribution < -0.4 is 0 Å². The van der Waals surface area contributed by atoms with Crippen molar-refractivity contribution < 1.29 is 4.79 Å². The van der Waals surface area contributed by atoms with Gasteiger partial charge in [-0.3, -0.25) is 4.79 Å². The fourth-order valence-corrected chi connectivity index (χ4v) is 2.90. The van der Waals surface area contributed by atoms with Crippen molar-refractivity contribution >= 4 is 29.1 Å². The maximum Gasteiger partial charge on any atom is 0.255 e. The maximum atomic E-state index is 12.5. The topological polar surface area (TPSA) is 20.3 Å². The van der Waals surface area contributed by atoms with E-state index >= 15 is 0 Å². The van der Waals surface area contributed by atoms with Gasteiger partial charge in [0, 0.05) is 12.6 Å². The average molecular weight is 286 g/mol. The molecule has 1 aliphatic heterocycles. The molecule has 0 spiro atoms. The number of likely N-dealkylation sites (tertiary alicyclic amines) is 1. The molecule has 1 amide bonds. The van der Waals surface area contributed by atoms with Crippen molar-refractivity contribution in [2.45, 2.75) is 38.6 Å². The lowest BCUT2D eigenvalue weighted by molar-refractivity contribution is 0.0608. The molecule has 0 aliphatic carbocycles. The summed E-state index contributed by atoms with van der Waals surface area (Å²) in [5.41, 5.74) is 0.518. The SMILES string of the molecule is CC[C@@H]1CCCCN1C(=O)c1cccc(Cl)c1Cl. The third-order valence-electron chi connectivity index (χ3n) is 3.54. The summed E-state index contributed by atoms with van der Waals surface area (Å²) in [4.78, 5) is 14.5. The second kappa shape index (κ2) is 5.94. The van der Waals surface area contributed by atoms with Crippen LogP contribution in [-0.4, -0.2) is 23.4 Å². The van der Waals surface area contributed by atoms with Crippen molar-refractivity contribution in [2.75, 3.05) is 6.54 Å². The molecule has 0 saturated carbocycles. The molecule has 0 bridgehead atoms. The second-order valence-corrected chi connectivity index (χ2v) is 5.44. The van der Waals surface area contributed by atoms with E-state index in [2.05, 4.69) is 6.92 Å². The Kier molecular flexibility index (Phi) is 4.52. The highest BCUT2D eigenvalue weighted by Crippen LogP contribution is 2.29. The van der Waals surface area contributed by atoms with E-state index in [0.717, 1.165) is 25.8 Å². The van der Waals surface area contributed by atoms with Gasteiger partial charge in [0.15, 0.2) is 0 Å². The molecule has 0 aromatic heterocycles.